The molecular formula is C12H9FN4O. The van der Waals surface area contributed by atoms with Crippen LogP contribution in [0.1, 0.15) is 11.1 Å². The van der Waals surface area contributed by atoms with E-state index in [9.17, 15) is 9.18 Å². The van der Waals surface area contributed by atoms with Gasteiger partial charge in [-0.05, 0) is 12.1 Å². The van der Waals surface area contributed by atoms with E-state index in [1.54, 1.807) is 12.1 Å². The third kappa shape index (κ3) is 2.20. The van der Waals surface area contributed by atoms with Crippen LogP contribution in [-0.2, 0) is 6.54 Å². The minimum atomic E-state index is -0.642. The maximum atomic E-state index is 13.8. The van der Waals surface area contributed by atoms with Gasteiger partial charge in [-0.2, -0.15) is 10.4 Å². The van der Waals surface area contributed by atoms with Crippen molar-refractivity contribution in [1.29, 1.82) is 5.26 Å². The molecule has 0 aliphatic heterocycles. The molecule has 1 aromatic heterocycles. The molecule has 0 aliphatic rings. The van der Waals surface area contributed by atoms with Crippen molar-refractivity contribution in [2.75, 3.05) is 5.73 Å². The van der Waals surface area contributed by atoms with Crippen LogP contribution in [0.3, 0.4) is 0 Å². The number of anilines is 1. The van der Waals surface area contributed by atoms with Gasteiger partial charge < -0.3 is 5.73 Å². The van der Waals surface area contributed by atoms with E-state index in [0.29, 0.717) is 0 Å². The number of nitrogens with zero attached hydrogens (tertiary/aromatic N) is 3. The second-order valence-corrected chi connectivity index (χ2v) is 3.64. The highest BCUT2D eigenvalue weighted by atomic mass is 19.1. The van der Waals surface area contributed by atoms with Gasteiger partial charge in [0.2, 0.25) is 0 Å². The molecule has 0 fully saturated rings. The van der Waals surface area contributed by atoms with Crippen LogP contribution in [-0.4, -0.2) is 9.78 Å². The number of nitriles is 1. The molecule has 2 aromatic rings. The Bertz CT molecular complexity index is 687. The molecule has 0 atom stereocenters. The zero-order valence-electron chi connectivity index (χ0n) is 9.30. The fourth-order valence-corrected chi connectivity index (χ4v) is 1.53. The molecule has 1 heterocycles. The van der Waals surface area contributed by atoms with Crippen molar-refractivity contribution >= 4 is 5.82 Å². The van der Waals surface area contributed by atoms with Crippen LogP contribution in [0.4, 0.5) is 10.2 Å². The van der Waals surface area contributed by atoms with Crippen molar-refractivity contribution in [3.63, 3.8) is 0 Å². The minimum Gasteiger partial charge on any atom is -0.382 e. The molecule has 0 saturated heterocycles. The third-order valence-electron chi connectivity index (χ3n) is 2.41. The Morgan fingerprint density at radius 1 is 1.39 bits per heavy atom. The normalized spacial score (nSPS) is 10.0. The summed E-state index contributed by atoms with van der Waals surface area (Å²) in [6.45, 7) is -0.0643. The minimum absolute atomic E-state index is 0.0643. The lowest BCUT2D eigenvalue weighted by molar-refractivity contribution is 0.571. The third-order valence-corrected chi connectivity index (χ3v) is 2.41. The summed E-state index contributed by atoms with van der Waals surface area (Å²) in [5.74, 6) is -0.470. The Morgan fingerprint density at radius 2 is 2.17 bits per heavy atom. The van der Waals surface area contributed by atoms with Crippen LogP contribution in [0.25, 0.3) is 0 Å². The number of nitrogen functional groups attached to an aromatic ring is 1. The van der Waals surface area contributed by atoms with Gasteiger partial charge in [0.25, 0.3) is 5.56 Å². The van der Waals surface area contributed by atoms with E-state index in [-0.39, 0.29) is 29.0 Å². The largest absolute Gasteiger partial charge is 0.382 e. The van der Waals surface area contributed by atoms with Gasteiger partial charge in [0, 0.05) is 11.6 Å². The molecule has 18 heavy (non-hydrogen) atoms. The summed E-state index contributed by atoms with van der Waals surface area (Å²) in [6.07, 6.45) is 0. The Hall–Kier alpha value is -2.68. The first-order valence-corrected chi connectivity index (χ1v) is 5.13. The highest BCUT2D eigenvalue weighted by molar-refractivity contribution is 5.35. The van der Waals surface area contributed by atoms with Crippen LogP contribution in [0.2, 0.25) is 0 Å². The number of benzene rings is 1. The number of hydrogen-bond donors (Lipinski definition) is 1. The average molecular weight is 244 g/mol. The Balaban J connectivity index is 2.44. The zero-order valence-corrected chi connectivity index (χ0v) is 9.30. The molecule has 0 aliphatic carbocycles. The molecule has 2 rings (SSSR count). The number of rotatable bonds is 2. The van der Waals surface area contributed by atoms with Crippen LogP contribution in [0, 0.1) is 17.1 Å². The molecule has 6 heteroatoms. The molecule has 0 amide bonds. The Labute approximate surface area is 102 Å². The molecule has 1 aromatic carbocycles. The van der Waals surface area contributed by atoms with Crippen LogP contribution < -0.4 is 11.3 Å². The molecule has 0 saturated carbocycles. The second-order valence-electron chi connectivity index (χ2n) is 3.64. The maximum absolute atomic E-state index is 13.8. The van der Waals surface area contributed by atoms with Crippen molar-refractivity contribution in [2.45, 2.75) is 6.54 Å². The van der Waals surface area contributed by atoms with Crippen LogP contribution in [0.15, 0.2) is 35.1 Å². The number of nitrogens with two attached hydrogens (primary N) is 1. The molecule has 0 unspecified atom stereocenters. The van der Waals surface area contributed by atoms with Gasteiger partial charge >= 0.3 is 0 Å². The predicted molar refractivity (Wildman–Crippen MR) is 63.1 cm³/mol. The van der Waals surface area contributed by atoms with E-state index >= 15 is 0 Å². The van der Waals surface area contributed by atoms with Crippen molar-refractivity contribution < 1.29 is 4.39 Å². The van der Waals surface area contributed by atoms with Gasteiger partial charge in [-0.15, -0.1) is 0 Å². The molecule has 2 N–H and O–H groups in total. The van der Waals surface area contributed by atoms with Gasteiger partial charge in [0.1, 0.15) is 17.7 Å². The van der Waals surface area contributed by atoms with Crippen molar-refractivity contribution in [2.24, 2.45) is 0 Å². The summed E-state index contributed by atoms with van der Waals surface area (Å²) in [6, 6.07) is 8.79. The first-order valence-electron chi connectivity index (χ1n) is 5.13. The molecule has 0 spiro atoms. The zero-order chi connectivity index (χ0) is 13.1. The highest BCUT2D eigenvalue weighted by Gasteiger charge is 2.09. The van der Waals surface area contributed by atoms with Crippen LogP contribution >= 0.6 is 0 Å². The standard InChI is InChI=1S/C12H9FN4O/c13-12-8(6-14)2-1-3-9(12)7-17-11(18)5-4-10(15)16-17/h1-5H,7H2,(H2,15,16). The molecule has 5 nitrogen and oxygen atoms in total. The Morgan fingerprint density at radius 3 is 2.89 bits per heavy atom. The summed E-state index contributed by atoms with van der Waals surface area (Å²) >= 11 is 0. The van der Waals surface area contributed by atoms with E-state index in [1.165, 1.54) is 24.3 Å². The fourth-order valence-electron chi connectivity index (χ4n) is 1.53. The first-order chi connectivity index (χ1) is 8.61. The highest BCUT2D eigenvalue weighted by Crippen LogP contribution is 2.12. The molecule has 0 bridgehead atoms. The first kappa shape index (κ1) is 11.8. The van der Waals surface area contributed by atoms with Gasteiger partial charge in [-0.3, -0.25) is 4.79 Å². The predicted octanol–water partition coefficient (Wildman–Crippen LogP) is 0.885. The summed E-state index contributed by atoms with van der Waals surface area (Å²) in [4.78, 5) is 11.5. The molecule has 90 valence electrons. The van der Waals surface area contributed by atoms with E-state index < -0.39 is 5.82 Å². The maximum Gasteiger partial charge on any atom is 0.267 e. The number of hydrogen-bond acceptors (Lipinski definition) is 4. The summed E-state index contributed by atoms with van der Waals surface area (Å²) in [7, 11) is 0. The summed E-state index contributed by atoms with van der Waals surface area (Å²) in [5.41, 5.74) is 5.23. The lowest BCUT2D eigenvalue weighted by Gasteiger charge is -2.06. The second kappa shape index (κ2) is 4.67. The number of aromatic nitrogens is 2. The quantitative estimate of drug-likeness (QED) is 0.849. The van der Waals surface area contributed by atoms with E-state index in [0.717, 1.165) is 4.68 Å². The van der Waals surface area contributed by atoms with E-state index in [1.807, 2.05) is 0 Å². The van der Waals surface area contributed by atoms with Crippen LogP contribution in [0.5, 0.6) is 0 Å². The van der Waals surface area contributed by atoms with E-state index in [4.69, 9.17) is 11.0 Å². The topological polar surface area (TPSA) is 84.7 Å². The van der Waals surface area contributed by atoms with Gasteiger partial charge in [-0.1, -0.05) is 12.1 Å². The van der Waals surface area contributed by atoms with Crippen molar-refractivity contribution in [1.82, 2.24) is 9.78 Å². The Kier molecular flexibility index (Phi) is 3.06. The van der Waals surface area contributed by atoms with Crippen molar-refractivity contribution in [3.8, 4) is 6.07 Å². The lowest BCUT2D eigenvalue weighted by Crippen LogP contribution is -2.23. The SMILES string of the molecule is N#Cc1cccc(Cn2nc(N)ccc2=O)c1F. The number of halogens is 1. The van der Waals surface area contributed by atoms with Gasteiger partial charge in [-0.25, -0.2) is 9.07 Å². The summed E-state index contributed by atoms with van der Waals surface area (Å²) in [5, 5.41) is 12.5. The molecule has 0 radical (unpaired) electrons. The fraction of sp³-hybridized carbons (Fsp3) is 0.0833. The van der Waals surface area contributed by atoms with E-state index in [2.05, 4.69) is 5.10 Å². The van der Waals surface area contributed by atoms with Crippen molar-refractivity contribution in [3.05, 3.63) is 57.6 Å². The molecular weight excluding hydrogens is 235 g/mol. The lowest BCUT2D eigenvalue weighted by atomic mass is 10.1. The van der Waals surface area contributed by atoms with Gasteiger partial charge in [0.15, 0.2) is 0 Å². The summed E-state index contributed by atoms with van der Waals surface area (Å²) < 4.78 is 14.8. The smallest absolute Gasteiger partial charge is 0.267 e. The monoisotopic (exact) mass is 244 g/mol. The average Bonchev–Trinajstić information content (AvgIpc) is 2.36. The van der Waals surface area contributed by atoms with Gasteiger partial charge in [0.05, 0.1) is 12.1 Å².